The molecule has 170 valence electrons. The van der Waals surface area contributed by atoms with Crippen LogP contribution < -0.4 is 9.64 Å². The first-order valence-electron chi connectivity index (χ1n) is 10.6. The van der Waals surface area contributed by atoms with Gasteiger partial charge in [0.1, 0.15) is 23.0 Å². The number of ether oxygens (including phenoxy) is 1. The van der Waals surface area contributed by atoms with Crippen LogP contribution in [0.3, 0.4) is 0 Å². The largest absolute Gasteiger partial charge is 0.503 e. The molecule has 1 amide bonds. The molecule has 34 heavy (non-hydrogen) atoms. The Bertz CT molecular complexity index is 1420. The third-order valence-electron chi connectivity index (χ3n) is 5.43. The molecule has 8 heteroatoms. The van der Waals surface area contributed by atoms with Crippen molar-refractivity contribution >= 4 is 17.5 Å². The lowest BCUT2D eigenvalue weighted by atomic mass is 9.95. The monoisotopic (exact) mass is 456 g/mol. The van der Waals surface area contributed by atoms with Crippen LogP contribution in [0.5, 0.6) is 11.5 Å². The lowest BCUT2D eigenvalue weighted by Crippen LogP contribution is -2.31. The Morgan fingerprint density at radius 3 is 2.41 bits per heavy atom. The zero-order valence-corrected chi connectivity index (χ0v) is 18.4. The van der Waals surface area contributed by atoms with Gasteiger partial charge in [0, 0.05) is 6.07 Å². The molecule has 8 nitrogen and oxygen atoms in total. The van der Waals surface area contributed by atoms with Gasteiger partial charge in [0.05, 0.1) is 11.6 Å². The molecule has 3 heterocycles. The molecule has 1 atom stereocenters. The number of hydrogen-bond donors (Lipinski definition) is 1. The Morgan fingerprint density at radius 2 is 1.74 bits per heavy atom. The maximum atomic E-state index is 13.4. The molecule has 0 aliphatic carbocycles. The lowest BCUT2D eigenvalue weighted by molar-refractivity contribution is -0.117. The van der Waals surface area contributed by atoms with E-state index in [4.69, 9.17) is 13.7 Å². The van der Waals surface area contributed by atoms with Gasteiger partial charge in [-0.05, 0) is 55.8 Å². The predicted molar refractivity (Wildman–Crippen MR) is 122 cm³/mol. The van der Waals surface area contributed by atoms with Crippen LogP contribution in [0.1, 0.15) is 33.7 Å². The maximum Gasteiger partial charge on any atom is 0.295 e. The highest BCUT2D eigenvalue weighted by atomic mass is 16.5. The van der Waals surface area contributed by atoms with Crippen LogP contribution in [-0.4, -0.2) is 22.0 Å². The van der Waals surface area contributed by atoms with E-state index < -0.39 is 23.5 Å². The maximum absolute atomic E-state index is 13.4. The number of nitrogens with zero attached hydrogens (tertiary/aromatic N) is 2. The van der Waals surface area contributed by atoms with Gasteiger partial charge in [-0.15, -0.1) is 0 Å². The minimum absolute atomic E-state index is 0.0201. The minimum Gasteiger partial charge on any atom is -0.503 e. The first-order chi connectivity index (χ1) is 16.4. The quantitative estimate of drug-likeness (QED) is 0.384. The highest BCUT2D eigenvalue weighted by molar-refractivity contribution is 6.20. The SMILES string of the molecule is Cc1cc(N2C(=O)C(O)=C(C(=O)c3ccc(C)o3)[C@@H]2c2cccc(Oc3ccccc3)c2)no1. The number of rotatable bonds is 6. The number of furan rings is 1. The summed E-state index contributed by atoms with van der Waals surface area (Å²) in [5, 5.41) is 14.8. The van der Waals surface area contributed by atoms with Crippen LogP contribution >= 0.6 is 0 Å². The van der Waals surface area contributed by atoms with E-state index in [0.29, 0.717) is 28.6 Å². The summed E-state index contributed by atoms with van der Waals surface area (Å²) in [5.41, 5.74) is 0.426. The van der Waals surface area contributed by atoms with Crippen LogP contribution in [0.4, 0.5) is 5.82 Å². The van der Waals surface area contributed by atoms with Crippen molar-refractivity contribution in [3.63, 3.8) is 0 Å². The molecule has 0 saturated heterocycles. The zero-order valence-electron chi connectivity index (χ0n) is 18.4. The summed E-state index contributed by atoms with van der Waals surface area (Å²) in [5.74, 6) is 0.305. The first kappa shape index (κ1) is 21.3. The van der Waals surface area contributed by atoms with E-state index in [0.717, 1.165) is 0 Å². The van der Waals surface area contributed by atoms with E-state index in [9.17, 15) is 14.7 Å². The molecule has 5 rings (SSSR count). The van der Waals surface area contributed by atoms with Gasteiger partial charge in [-0.3, -0.25) is 14.5 Å². The number of aliphatic hydroxyl groups is 1. The molecule has 0 unspecified atom stereocenters. The van der Waals surface area contributed by atoms with Crippen LogP contribution in [0.15, 0.2) is 93.1 Å². The first-order valence-corrected chi connectivity index (χ1v) is 10.6. The summed E-state index contributed by atoms with van der Waals surface area (Å²) in [4.78, 5) is 27.8. The van der Waals surface area contributed by atoms with E-state index in [-0.39, 0.29) is 17.2 Å². The molecule has 0 fully saturated rings. The van der Waals surface area contributed by atoms with Gasteiger partial charge in [-0.2, -0.15) is 0 Å². The van der Waals surface area contributed by atoms with Crippen molar-refractivity contribution in [3.8, 4) is 11.5 Å². The summed E-state index contributed by atoms with van der Waals surface area (Å²) in [6.07, 6.45) is 0. The second-order valence-corrected chi connectivity index (χ2v) is 7.86. The van der Waals surface area contributed by atoms with E-state index >= 15 is 0 Å². The number of aliphatic hydroxyl groups excluding tert-OH is 1. The van der Waals surface area contributed by atoms with Crippen molar-refractivity contribution in [3.05, 3.63) is 107 Å². The molecule has 0 saturated carbocycles. The summed E-state index contributed by atoms with van der Waals surface area (Å²) in [6, 6.07) is 19.9. The number of Topliss-reactive ketones (excluding diaryl/α,β-unsaturated/α-hetero) is 1. The number of aryl methyl sites for hydroxylation is 2. The van der Waals surface area contributed by atoms with Crippen molar-refractivity contribution in [2.24, 2.45) is 0 Å². The number of aromatic nitrogens is 1. The molecule has 2 aromatic heterocycles. The number of para-hydroxylation sites is 1. The van der Waals surface area contributed by atoms with Crippen molar-refractivity contribution in [1.29, 1.82) is 0 Å². The van der Waals surface area contributed by atoms with Crippen molar-refractivity contribution in [1.82, 2.24) is 5.16 Å². The number of anilines is 1. The third-order valence-corrected chi connectivity index (χ3v) is 5.43. The topological polar surface area (TPSA) is 106 Å². The fraction of sp³-hybridized carbons (Fsp3) is 0.115. The lowest BCUT2D eigenvalue weighted by Gasteiger charge is -2.24. The van der Waals surface area contributed by atoms with Gasteiger partial charge < -0.3 is 18.8 Å². The highest BCUT2D eigenvalue weighted by Crippen LogP contribution is 2.42. The van der Waals surface area contributed by atoms with Gasteiger partial charge in [-0.1, -0.05) is 35.5 Å². The van der Waals surface area contributed by atoms with Crippen LogP contribution in [0, 0.1) is 13.8 Å². The number of ketones is 1. The Kier molecular flexibility index (Phi) is 5.25. The average Bonchev–Trinajstić information content (AvgIpc) is 3.53. The summed E-state index contributed by atoms with van der Waals surface area (Å²) >= 11 is 0. The Balaban J connectivity index is 1.61. The van der Waals surface area contributed by atoms with E-state index in [2.05, 4.69) is 5.16 Å². The fourth-order valence-corrected chi connectivity index (χ4v) is 3.92. The number of carbonyl (C=O) groups is 2. The van der Waals surface area contributed by atoms with Crippen LogP contribution in [-0.2, 0) is 4.79 Å². The van der Waals surface area contributed by atoms with E-state index in [1.165, 1.54) is 11.0 Å². The molecular formula is C26H20N2O6. The second kappa shape index (κ2) is 8.40. The van der Waals surface area contributed by atoms with Gasteiger partial charge in [0.2, 0.25) is 5.78 Å². The molecule has 0 spiro atoms. The van der Waals surface area contributed by atoms with E-state index in [1.807, 2.05) is 30.3 Å². The Labute approximate surface area is 194 Å². The highest BCUT2D eigenvalue weighted by Gasteiger charge is 2.46. The number of amides is 1. The Hall–Kier alpha value is -4.59. The zero-order chi connectivity index (χ0) is 23.8. The molecule has 2 aromatic carbocycles. The van der Waals surface area contributed by atoms with Gasteiger partial charge in [0.15, 0.2) is 17.3 Å². The molecule has 4 aromatic rings. The smallest absolute Gasteiger partial charge is 0.295 e. The number of carbonyl (C=O) groups excluding carboxylic acids is 2. The van der Waals surface area contributed by atoms with Gasteiger partial charge in [0.25, 0.3) is 5.91 Å². The van der Waals surface area contributed by atoms with Crippen molar-refractivity contribution in [2.45, 2.75) is 19.9 Å². The predicted octanol–water partition coefficient (Wildman–Crippen LogP) is 5.46. The number of benzene rings is 2. The fourth-order valence-electron chi connectivity index (χ4n) is 3.92. The van der Waals surface area contributed by atoms with Crippen molar-refractivity contribution < 1.29 is 28.4 Å². The standard InChI is InChI=1S/C26H20N2O6/c1-15-11-12-20(32-15)24(29)22-23(28(26(31)25(22)30)21-13-16(2)34-27-21)17-7-6-10-19(14-17)33-18-8-4-3-5-9-18/h3-14,23,30H,1-2H3/t23-/m0/s1. The summed E-state index contributed by atoms with van der Waals surface area (Å²) < 4.78 is 16.6. The molecule has 1 N–H and O–H groups in total. The Morgan fingerprint density at radius 1 is 0.971 bits per heavy atom. The molecule has 1 aliphatic rings. The minimum atomic E-state index is -0.978. The second-order valence-electron chi connectivity index (χ2n) is 7.86. The van der Waals surface area contributed by atoms with Gasteiger partial charge >= 0.3 is 0 Å². The van der Waals surface area contributed by atoms with Gasteiger partial charge in [-0.25, -0.2) is 0 Å². The van der Waals surface area contributed by atoms with Crippen molar-refractivity contribution in [2.75, 3.05) is 4.90 Å². The average molecular weight is 456 g/mol. The third kappa shape index (κ3) is 3.75. The molecule has 0 bridgehead atoms. The summed E-state index contributed by atoms with van der Waals surface area (Å²) in [7, 11) is 0. The number of hydrogen-bond acceptors (Lipinski definition) is 7. The molecule has 1 aliphatic heterocycles. The summed E-state index contributed by atoms with van der Waals surface area (Å²) in [6.45, 7) is 3.39. The molecular weight excluding hydrogens is 436 g/mol. The normalized spacial score (nSPS) is 15.8. The van der Waals surface area contributed by atoms with E-state index in [1.54, 1.807) is 50.2 Å². The molecule has 0 radical (unpaired) electrons. The van der Waals surface area contributed by atoms with Crippen LogP contribution in [0.2, 0.25) is 0 Å². The van der Waals surface area contributed by atoms with Crippen LogP contribution in [0.25, 0.3) is 0 Å².